The summed E-state index contributed by atoms with van der Waals surface area (Å²) >= 11 is 0. The van der Waals surface area contributed by atoms with E-state index in [1.165, 1.54) is 0 Å². The van der Waals surface area contributed by atoms with Crippen LogP contribution >= 0.6 is 0 Å². The molecule has 12 heteroatoms. The third kappa shape index (κ3) is 5.99. The highest BCUT2D eigenvalue weighted by atomic mass is 32.2. The van der Waals surface area contributed by atoms with E-state index in [1.54, 1.807) is 12.4 Å². The first-order chi connectivity index (χ1) is 19.2. The van der Waals surface area contributed by atoms with Crippen LogP contribution in [0.2, 0.25) is 0 Å². The lowest BCUT2D eigenvalue weighted by atomic mass is 9.98. The molecule has 11 nitrogen and oxygen atoms in total. The molecule has 0 atom stereocenters. The van der Waals surface area contributed by atoms with Crippen molar-refractivity contribution >= 4 is 15.8 Å². The minimum atomic E-state index is -3.25. The number of sulfonamides is 1. The van der Waals surface area contributed by atoms with Crippen molar-refractivity contribution in [2.75, 3.05) is 38.6 Å². The van der Waals surface area contributed by atoms with Crippen molar-refractivity contribution in [2.45, 2.75) is 57.4 Å². The van der Waals surface area contributed by atoms with Crippen LogP contribution in [0.4, 0.5) is 5.82 Å². The summed E-state index contributed by atoms with van der Waals surface area (Å²) in [5.74, 6) is 1.68. The lowest BCUT2D eigenvalue weighted by Gasteiger charge is -2.36. The van der Waals surface area contributed by atoms with Gasteiger partial charge < -0.3 is 20.1 Å². The van der Waals surface area contributed by atoms with Gasteiger partial charge in [0.15, 0.2) is 11.6 Å². The molecule has 40 heavy (non-hydrogen) atoms. The second kappa shape index (κ2) is 11.1. The Morgan fingerprint density at radius 2 is 1.82 bits per heavy atom. The van der Waals surface area contributed by atoms with Gasteiger partial charge >= 0.3 is 0 Å². The summed E-state index contributed by atoms with van der Waals surface area (Å²) in [6.07, 6.45) is 8.79. The molecule has 1 aliphatic carbocycles. The van der Waals surface area contributed by atoms with E-state index in [0.717, 1.165) is 80.8 Å². The minimum Gasteiger partial charge on any atom is -0.433 e. The van der Waals surface area contributed by atoms with E-state index in [0.29, 0.717) is 23.4 Å². The van der Waals surface area contributed by atoms with Gasteiger partial charge in [-0.15, -0.1) is 0 Å². The summed E-state index contributed by atoms with van der Waals surface area (Å²) in [5.41, 5.74) is 10.5. The quantitative estimate of drug-likeness (QED) is 0.378. The monoisotopic (exact) mass is 567 g/mol. The second-order valence-electron chi connectivity index (χ2n) is 11.3. The summed E-state index contributed by atoms with van der Waals surface area (Å²) in [6, 6.07) is 4.31. The number of likely N-dealkylation sites (tertiary alicyclic amines) is 1. The van der Waals surface area contributed by atoms with E-state index >= 15 is 0 Å². The van der Waals surface area contributed by atoms with Crippen LogP contribution in [0.3, 0.4) is 0 Å². The normalized spacial score (nSPS) is 19.1. The Hall–Kier alpha value is -3.06. The first-order valence-electron chi connectivity index (χ1n) is 14.0. The fraction of sp³-hybridized carbons (Fsp3) is 0.536. The van der Waals surface area contributed by atoms with Crippen LogP contribution in [0, 0.1) is 19.8 Å². The van der Waals surface area contributed by atoms with Gasteiger partial charge in [-0.3, -0.25) is 4.68 Å². The predicted molar refractivity (Wildman–Crippen MR) is 151 cm³/mol. The van der Waals surface area contributed by atoms with Crippen LogP contribution in [0.25, 0.3) is 11.3 Å². The maximum Gasteiger partial charge on any atom is 0.263 e. The number of aromatic nitrogens is 4. The number of hydrogen-bond acceptors (Lipinski definition) is 9. The average molecular weight is 568 g/mol. The summed E-state index contributed by atoms with van der Waals surface area (Å²) in [4.78, 5) is 11.5. The van der Waals surface area contributed by atoms with Crippen molar-refractivity contribution in [3.63, 3.8) is 0 Å². The van der Waals surface area contributed by atoms with Crippen molar-refractivity contribution in [2.24, 2.45) is 5.92 Å². The third-order valence-electron chi connectivity index (χ3n) is 8.12. The number of nitrogens with one attached hydrogen (secondary N) is 1. The lowest BCUT2D eigenvalue weighted by molar-refractivity contribution is -0.0495. The van der Waals surface area contributed by atoms with Gasteiger partial charge in [-0.25, -0.2) is 23.1 Å². The van der Waals surface area contributed by atoms with Gasteiger partial charge in [0.2, 0.25) is 10.0 Å². The Kier molecular flexibility index (Phi) is 7.51. The van der Waals surface area contributed by atoms with Gasteiger partial charge in [-0.2, -0.15) is 5.10 Å². The standard InChI is InChI=1S/C28H37N7O4S/c1-18-9-21(10-19(2)25(18)12-32-40(36,37)24-3-4-24)26-13-30-27(29)28(33-26)39-23-11-31-35(15-23)22-5-7-34(8-6-22)14-20-16-38-17-20/h9-11,13,15,20,22,24,32H,3-8,12,14,16-17H2,1-2H3,(H2,29,30). The first-order valence-corrected chi connectivity index (χ1v) is 15.5. The van der Waals surface area contributed by atoms with Crippen LogP contribution in [-0.4, -0.2) is 71.2 Å². The summed E-state index contributed by atoms with van der Waals surface area (Å²) in [6.45, 7) is 9.24. The second-order valence-corrected chi connectivity index (χ2v) is 13.3. The molecule has 1 saturated carbocycles. The largest absolute Gasteiger partial charge is 0.433 e. The Balaban J connectivity index is 1.11. The summed E-state index contributed by atoms with van der Waals surface area (Å²) in [7, 11) is -3.25. The maximum absolute atomic E-state index is 12.3. The van der Waals surface area contributed by atoms with E-state index in [2.05, 4.69) is 24.7 Å². The number of anilines is 1. The van der Waals surface area contributed by atoms with Crippen LogP contribution < -0.4 is 15.2 Å². The number of nitrogens with zero attached hydrogens (tertiary/aromatic N) is 5. The summed E-state index contributed by atoms with van der Waals surface area (Å²) < 4.78 is 40.7. The number of hydrogen-bond donors (Lipinski definition) is 2. The molecule has 0 spiro atoms. The zero-order valence-electron chi connectivity index (χ0n) is 23.0. The highest BCUT2D eigenvalue weighted by molar-refractivity contribution is 7.90. The minimum absolute atomic E-state index is 0.198. The molecule has 3 aromatic rings. The molecule has 2 aromatic heterocycles. The molecule has 0 radical (unpaired) electrons. The van der Waals surface area contributed by atoms with Gasteiger partial charge in [-0.1, -0.05) is 0 Å². The molecule has 6 rings (SSSR count). The van der Waals surface area contributed by atoms with E-state index in [-0.39, 0.29) is 23.5 Å². The molecule has 0 amide bonds. The molecule has 2 aliphatic heterocycles. The lowest BCUT2D eigenvalue weighted by Crippen LogP contribution is -2.43. The van der Waals surface area contributed by atoms with Crippen molar-refractivity contribution in [3.05, 3.63) is 47.4 Å². The molecule has 3 N–H and O–H groups in total. The molecule has 3 aliphatic rings. The average Bonchev–Trinajstić information content (AvgIpc) is 3.67. The van der Waals surface area contributed by atoms with Gasteiger partial charge in [0, 0.05) is 37.7 Å². The van der Waals surface area contributed by atoms with Crippen LogP contribution in [0.1, 0.15) is 48.4 Å². The summed E-state index contributed by atoms with van der Waals surface area (Å²) in [5, 5.41) is 4.32. The third-order valence-corrected chi connectivity index (χ3v) is 10.0. The number of nitrogen functional groups attached to an aromatic ring is 1. The van der Waals surface area contributed by atoms with Crippen LogP contribution in [0.5, 0.6) is 11.6 Å². The first kappa shape index (κ1) is 27.1. The number of rotatable bonds is 10. The topological polar surface area (TPSA) is 137 Å². The molecular weight excluding hydrogens is 530 g/mol. The SMILES string of the molecule is Cc1cc(-c2cnc(N)c(Oc3cnn(C4CCN(CC5COC5)CC4)c3)n2)cc(C)c1CNS(=O)(=O)C1CC1. The van der Waals surface area contributed by atoms with E-state index in [1.807, 2.05) is 36.9 Å². The van der Waals surface area contributed by atoms with Gasteiger partial charge in [0.05, 0.1) is 48.8 Å². The number of ether oxygens (including phenoxy) is 2. The molecular formula is C28H37N7O4S. The molecule has 214 valence electrons. The smallest absolute Gasteiger partial charge is 0.263 e. The van der Waals surface area contributed by atoms with Crippen molar-refractivity contribution < 1.29 is 17.9 Å². The predicted octanol–water partition coefficient (Wildman–Crippen LogP) is 3.20. The van der Waals surface area contributed by atoms with Gasteiger partial charge in [0.1, 0.15) is 0 Å². The number of piperidine rings is 1. The van der Waals surface area contributed by atoms with Crippen LogP contribution in [-0.2, 0) is 21.3 Å². The fourth-order valence-corrected chi connectivity index (χ4v) is 6.83. The van der Waals surface area contributed by atoms with Crippen molar-refractivity contribution in [1.82, 2.24) is 29.4 Å². The van der Waals surface area contributed by atoms with Crippen molar-refractivity contribution in [3.8, 4) is 22.9 Å². The van der Waals surface area contributed by atoms with Gasteiger partial charge in [0.25, 0.3) is 5.88 Å². The highest BCUT2D eigenvalue weighted by Gasteiger charge is 2.35. The Morgan fingerprint density at radius 1 is 1.10 bits per heavy atom. The molecule has 1 aromatic carbocycles. The zero-order valence-corrected chi connectivity index (χ0v) is 23.9. The molecule has 0 unspecified atom stereocenters. The molecule has 3 fully saturated rings. The van der Waals surface area contributed by atoms with E-state index < -0.39 is 10.0 Å². The Morgan fingerprint density at radius 3 is 2.48 bits per heavy atom. The number of benzene rings is 1. The Bertz CT molecular complexity index is 1450. The maximum atomic E-state index is 12.3. The fourth-order valence-electron chi connectivity index (χ4n) is 5.49. The van der Waals surface area contributed by atoms with Gasteiger partial charge in [-0.05, 0) is 68.4 Å². The molecule has 4 heterocycles. The zero-order chi connectivity index (χ0) is 27.9. The number of nitrogens with two attached hydrogens (primary N) is 1. The molecule has 2 saturated heterocycles. The highest BCUT2D eigenvalue weighted by Crippen LogP contribution is 2.32. The van der Waals surface area contributed by atoms with E-state index in [9.17, 15) is 8.42 Å². The number of aryl methyl sites for hydroxylation is 2. The van der Waals surface area contributed by atoms with Crippen molar-refractivity contribution in [1.29, 1.82) is 0 Å². The van der Waals surface area contributed by atoms with E-state index in [4.69, 9.17) is 15.2 Å². The van der Waals surface area contributed by atoms with Crippen LogP contribution in [0.15, 0.2) is 30.7 Å². The Labute approximate surface area is 235 Å². The molecule has 0 bridgehead atoms.